The fraction of sp³-hybridized carbons (Fsp3) is 0.238. The van der Waals surface area contributed by atoms with E-state index in [9.17, 15) is 17.2 Å². The maximum atomic E-state index is 14.5. The summed E-state index contributed by atoms with van der Waals surface area (Å²) in [6.45, 7) is 0.269. The number of hydrogen-bond donors (Lipinski definition) is 1. The van der Waals surface area contributed by atoms with E-state index in [0.717, 1.165) is 18.6 Å². The first-order valence-electron chi connectivity index (χ1n) is 9.52. The zero-order chi connectivity index (χ0) is 21.3. The average Bonchev–Trinajstić information content (AvgIpc) is 2.75. The van der Waals surface area contributed by atoms with Gasteiger partial charge in [0.25, 0.3) is 0 Å². The molecule has 1 aromatic heterocycles. The fourth-order valence-electron chi connectivity index (χ4n) is 3.76. The third-order valence-corrected chi connectivity index (χ3v) is 7.11. The fourth-order valence-corrected chi connectivity index (χ4v) is 5.42. The molecule has 0 unspecified atom stereocenters. The zero-order valence-electron chi connectivity index (χ0n) is 16.0. The first-order valence-corrected chi connectivity index (χ1v) is 11.0. The van der Waals surface area contributed by atoms with E-state index in [2.05, 4.69) is 9.97 Å². The molecule has 3 aromatic rings. The summed E-state index contributed by atoms with van der Waals surface area (Å²) in [4.78, 5) is 8.31. The first kappa shape index (κ1) is 20.4. The number of anilines is 1. The van der Waals surface area contributed by atoms with Gasteiger partial charge in [0.15, 0.2) is 0 Å². The predicted octanol–water partition coefficient (Wildman–Crippen LogP) is 3.92. The van der Waals surface area contributed by atoms with Crippen molar-refractivity contribution in [3.8, 4) is 11.1 Å². The van der Waals surface area contributed by atoms with Crippen molar-refractivity contribution >= 4 is 16.0 Å². The molecule has 0 spiro atoms. The lowest BCUT2D eigenvalue weighted by Gasteiger charge is -2.35. The molecule has 4 rings (SSSR count). The molecule has 0 amide bonds. The lowest BCUT2D eigenvalue weighted by Crippen LogP contribution is -2.39. The van der Waals surface area contributed by atoms with Crippen LogP contribution in [0.1, 0.15) is 31.0 Å². The third kappa shape index (κ3) is 3.78. The van der Waals surface area contributed by atoms with Gasteiger partial charge in [-0.1, -0.05) is 24.6 Å². The first-order chi connectivity index (χ1) is 14.4. The van der Waals surface area contributed by atoms with Crippen molar-refractivity contribution in [2.24, 2.45) is 0 Å². The van der Waals surface area contributed by atoms with Crippen molar-refractivity contribution in [3.63, 3.8) is 0 Å². The number of benzene rings is 2. The van der Waals surface area contributed by atoms with Crippen LogP contribution in [0.4, 0.5) is 14.7 Å². The van der Waals surface area contributed by atoms with E-state index in [-0.39, 0.29) is 23.0 Å². The van der Waals surface area contributed by atoms with E-state index < -0.39 is 27.7 Å². The number of hydrogen-bond acceptors (Lipinski definition) is 5. The van der Waals surface area contributed by atoms with Crippen LogP contribution in [0.15, 0.2) is 59.6 Å². The Morgan fingerprint density at radius 3 is 2.47 bits per heavy atom. The molecule has 30 heavy (non-hydrogen) atoms. The summed E-state index contributed by atoms with van der Waals surface area (Å²) < 4.78 is 55.8. The van der Waals surface area contributed by atoms with Crippen LogP contribution in [-0.4, -0.2) is 29.2 Å². The normalized spacial score (nSPS) is 17.7. The van der Waals surface area contributed by atoms with E-state index in [1.54, 1.807) is 18.2 Å². The summed E-state index contributed by atoms with van der Waals surface area (Å²) >= 11 is 0. The van der Waals surface area contributed by atoms with Crippen molar-refractivity contribution in [1.82, 2.24) is 14.3 Å². The molecule has 2 heterocycles. The summed E-state index contributed by atoms with van der Waals surface area (Å²) in [5.41, 5.74) is 6.84. The summed E-state index contributed by atoms with van der Waals surface area (Å²) in [5, 5.41) is 0. The summed E-state index contributed by atoms with van der Waals surface area (Å²) in [7, 11) is -3.93. The molecule has 156 valence electrons. The number of nitrogens with two attached hydrogens (primary N) is 1. The van der Waals surface area contributed by atoms with Crippen LogP contribution in [0.2, 0.25) is 0 Å². The minimum Gasteiger partial charge on any atom is -0.368 e. The van der Waals surface area contributed by atoms with Gasteiger partial charge in [0, 0.05) is 23.9 Å². The molecule has 0 bridgehead atoms. The van der Waals surface area contributed by atoms with Crippen LogP contribution < -0.4 is 5.73 Å². The monoisotopic (exact) mass is 430 g/mol. The van der Waals surface area contributed by atoms with E-state index >= 15 is 0 Å². The van der Waals surface area contributed by atoms with Crippen molar-refractivity contribution in [3.05, 3.63) is 72.1 Å². The molecular weight excluding hydrogens is 410 g/mol. The van der Waals surface area contributed by atoms with Crippen molar-refractivity contribution in [1.29, 1.82) is 0 Å². The topological polar surface area (TPSA) is 89.2 Å². The Morgan fingerprint density at radius 1 is 1.00 bits per heavy atom. The Bertz CT molecular complexity index is 1170. The molecule has 2 aromatic carbocycles. The number of nitrogens with zero attached hydrogens (tertiary/aromatic N) is 3. The van der Waals surface area contributed by atoms with E-state index in [0.29, 0.717) is 24.1 Å². The average molecular weight is 430 g/mol. The smallest absolute Gasteiger partial charge is 0.243 e. The molecule has 1 aliphatic heterocycles. The Labute approximate surface area is 173 Å². The van der Waals surface area contributed by atoms with E-state index in [1.165, 1.54) is 28.7 Å². The van der Waals surface area contributed by atoms with Gasteiger partial charge in [0.05, 0.1) is 16.6 Å². The summed E-state index contributed by atoms with van der Waals surface area (Å²) in [6, 6.07) is 10.2. The standard InChI is InChI=1S/C21H20F2N4O2S/c22-14-8-10-15(11-9-14)30(28,29)27-12-4-3-7-19(27)20-17(13-25-21(24)26-20)16-5-1-2-6-18(16)23/h1-2,5-6,8-11,13,19H,3-4,7,12H2,(H2,24,25,26)/t19-/m1/s1. The maximum Gasteiger partial charge on any atom is 0.243 e. The van der Waals surface area contributed by atoms with Gasteiger partial charge < -0.3 is 5.73 Å². The molecule has 6 nitrogen and oxygen atoms in total. The van der Waals surface area contributed by atoms with Crippen LogP contribution in [0.3, 0.4) is 0 Å². The highest BCUT2D eigenvalue weighted by Gasteiger charge is 2.37. The van der Waals surface area contributed by atoms with Crippen molar-refractivity contribution in [2.75, 3.05) is 12.3 Å². The minimum atomic E-state index is -3.93. The molecule has 1 aliphatic rings. The van der Waals surface area contributed by atoms with Gasteiger partial charge in [-0.25, -0.2) is 27.2 Å². The molecule has 0 radical (unpaired) electrons. The Hall–Kier alpha value is -2.91. The summed E-state index contributed by atoms with van der Waals surface area (Å²) in [5.74, 6) is -1.000. The molecule has 0 aliphatic carbocycles. The van der Waals surface area contributed by atoms with Crippen LogP contribution in [0.5, 0.6) is 0 Å². The molecule has 1 fully saturated rings. The zero-order valence-corrected chi connectivity index (χ0v) is 16.8. The van der Waals surface area contributed by atoms with Gasteiger partial charge in [-0.05, 0) is 43.2 Å². The maximum absolute atomic E-state index is 14.5. The second-order valence-electron chi connectivity index (χ2n) is 7.09. The number of sulfonamides is 1. The summed E-state index contributed by atoms with van der Waals surface area (Å²) in [6.07, 6.45) is 3.37. The number of halogens is 2. The van der Waals surface area contributed by atoms with Gasteiger partial charge in [0.1, 0.15) is 11.6 Å². The molecular formula is C21H20F2N4O2S. The Morgan fingerprint density at radius 2 is 1.73 bits per heavy atom. The lowest BCUT2D eigenvalue weighted by atomic mass is 9.95. The van der Waals surface area contributed by atoms with E-state index in [4.69, 9.17) is 5.73 Å². The second-order valence-corrected chi connectivity index (χ2v) is 8.98. The van der Waals surface area contributed by atoms with Crippen LogP contribution in [0.25, 0.3) is 11.1 Å². The van der Waals surface area contributed by atoms with Crippen LogP contribution in [0, 0.1) is 11.6 Å². The highest BCUT2D eigenvalue weighted by Crippen LogP contribution is 2.39. The Balaban J connectivity index is 1.83. The van der Waals surface area contributed by atoms with Gasteiger partial charge >= 0.3 is 0 Å². The quantitative estimate of drug-likeness (QED) is 0.678. The molecule has 2 N–H and O–H groups in total. The predicted molar refractivity (Wildman–Crippen MR) is 109 cm³/mol. The van der Waals surface area contributed by atoms with Gasteiger partial charge in [-0.15, -0.1) is 0 Å². The number of piperidine rings is 1. The number of aromatic nitrogens is 2. The van der Waals surface area contributed by atoms with Crippen LogP contribution >= 0.6 is 0 Å². The highest BCUT2D eigenvalue weighted by atomic mass is 32.2. The molecule has 9 heteroatoms. The molecule has 1 atom stereocenters. The molecule has 0 saturated carbocycles. The highest BCUT2D eigenvalue weighted by molar-refractivity contribution is 7.89. The van der Waals surface area contributed by atoms with Crippen LogP contribution in [-0.2, 0) is 10.0 Å². The second kappa shape index (κ2) is 8.08. The van der Waals surface area contributed by atoms with Crippen molar-refractivity contribution in [2.45, 2.75) is 30.2 Å². The number of nitrogen functional groups attached to an aromatic ring is 1. The largest absolute Gasteiger partial charge is 0.368 e. The van der Waals surface area contributed by atoms with E-state index in [1.807, 2.05) is 0 Å². The Kier molecular flexibility index (Phi) is 5.48. The van der Waals surface area contributed by atoms with Gasteiger partial charge in [-0.3, -0.25) is 0 Å². The number of rotatable bonds is 4. The third-order valence-electron chi connectivity index (χ3n) is 5.19. The van der Waals surface area contributed by atoms with Gasteiger partial charge in [-0.2, -0.15) is 4.31 Å². The van der Waals surface area contributed by atoms with Crippen molar-refractivity contribution < 1.29 is 17.2 Å². The SMILES string of the molecule is Nc1ncc(-c2ccccc2F)c([C@H]2CCCCN2S(=O)(=O)c2ccc(F)cc2)n1. The lowest BCUT2D eigenvalue weighted by molar-refractivity contribution is 0.252. The van der Waals surface area contributed by atoms with Gasteiger partial charge in [0.2, 0.25) is 16.0 Å². The minimum absolute atomic E-state index is 0.00901. The molecule has 1 saturated heterocycles.